The lowest BCUT2D eigenvalue weighted by Gasteiger charge is -2.12. The summed E-state index contributed by atoms with van der Waals surface area (Å²) in [6.45, 7) is 2.06. The van der Waals surface area contributed by atoms with E-state index in [1.165, 1.54) is 12.1 Å². The topological polar surface area (TPSA) is 60.2 Å². The minimum absolute atomic E-state index is 0.0463. The summed E-state index contributed by atoms with van der Waals surface area (Å²) in [4.78, 5) is 21.5. The number of nitro groups is 1. The molecule has 1 rings (SSSR count). The second-order valence-electron chi connectivity index (χ2n) is 3.85. The number of rotatable bonds is 6. The molecule has 0 aliphatic rings. The molecule has 0 aliphatic heterocycles. The first-order chi connectivity index (χ1) is 8.06. The SMILES string of the molecule is CCCCC(C(=O)Br)c1ccc([N+](=O)[O-])cc1. The molecule has 4 nitrogen and oxygen atoms in total. The highest BCUT2D eigenvalue weighted by molar-refractivity contribution is 9.18. The van der Waals surface area contributed by atoms with Crippen molar-refractivity contribution in [3.63, 3.8) is 0 Å². The normalized spacial score (nSPS) is 12.1. The fourth-order valence-electron chi connectivity index (χ4n) is 1.65. The summed E-state index contributed by atoms with van der Waals surface area (Å²) in [5, 5.41) is 10.5. The first kappa shape index (κ1) is 13.8. The van der Waals surface area contributed by atoms with Gasteiger partial charge in [0, 0.05) is 12.1 Å². The number of unbranched alkanes of at least 4 members (excludes halogenated alkanes) is 1. The van der Waals surface area contributed by atoms with Crippen molar-refractivity contribution < 1.29 is 9.72 Å². The highest BCUT2D eigenvalue weighted by Gasteiger charge is 2.18. The molecule has 1 aromatic rings. The van der Waals surface area contributed by atoms with Crippen LogP contribution >= 0.6 is 15.9 Å². The minimum Gasteiger partial charge on any atom is -0.286 e. The Labute approximate surface area is 108 Å². The molecule has 0 fully saturated rings. The van der Waals surface area contributed by atoms with Crippen LogP contribution in [0.25, 0.3) is 0 Å². The van der Waals surface area contributed by atoms with Gasteiger partial charge in [0.25, 0.3) is 5.69 Å². The zero-order chi connectivity index (χ0) is 12.8. The fraction of sp³-hybridized carbons (Fsp3) is 0.417. The minimum atomic E-state index is -0.444. The van der Waals surface area contributed by atoms with E-state index in [0.717, 1.165) is 24.8 Å². The van der Waals surface area contributed by atoms with Gasteiger partial charge in [-0.3, -0.25) is 14.9 Å². The van der Waals surface area contributed by atoms with E-state index in [9.17, 15) is 14.9 Å². The van der Waals surface area contributed by atoms with Crippen LogP contribution in [0.5, 0.6) is 0 Å². The van der Waals surface area contributed by atoms with Crippen molar-refractivity contribution in [2.75, 3.05) is 0 Å². The van der Waals surface area contributed by atoms with Gasteiger partial charge in [0.15, 0.2) is 0 Å². The molecular formula is C12H14BrNO3. The Bertz CT molecular complexity index is 403. The van der Waals surface area contributed by atoms with E-state index < -0.39 is 4.92 Å². The zero-order valence-electron chi connectivity index (χ0n) is 9.56. The van der Waals surface area contributed by atoms with E-state index in [0.29, 0.717) is 0 Å². The van der Waals surface area contributed by atoms with Gasteiger partial charge in [-0.05, 0) is 27.9 Å². The maximum Gasteiger partial charge on any atom is 0.269 e. The van der Waals surface area contributed by atoms with Crippen molar-refractivity contribution in [1.82, 2.24) is 0 Å². The van der Waals surface area contributed by atoms with Crippen molar-refractivity contribution in [3.8, 4) is 0 Å². The van der Waals surface area contributed by atoms with Gasteiger partial charge >= 0.3 is 0 Å². The second kappa shape index (κ2) is 6.49. The standard InChI is InChI=1S/C12H14BrNO3/c1-2-3-4-11(12(13)15)9-5-7-10(8-6-9)14(16)17/h5-8,11H,2-4H2,1H3. The molecule has 0 spiro atoms. The molecule has 17 heavy (non-hydrogen) atoms. The third-order valence-electron chi connectivity index (χ3n) is 2.63. The van der Waals surface area contributed by atoms with Crippen LogP contribution in [0.15, 0.2) is 24.3 Å². The van der Waals surface area contributed by atoms with Gasteiger partial charge in [0.05, 0.1) is 10.8 Å². The zero-order valence-corrected chi connectivity index (χ0v) is 11.1. The lowest BCUT2D eigenvalue weighted by molar-refractivity contribution is -0.384. The first-order valence-electron chi connectivity index (χ1n) is 5.50. The number of hydrogen-bond donors (Lipinski definition) is 0. The van der Waals surface area contributed by atoms with Crippen molar-refractivity contribution >= 4 is 26.3 Å². The quantitative estimate of drug-likeness (QED) is 0.456. The molecule has 1 atom stereocenters. The average molecular weight is 300 g/mol. The van der Waals surface area contributed by atoms with E-state index in [1.807, 2.05) is 0 Å². The Morgan fingerprint density at radius 1 is 1.41 bits per heavy atom. The van der Waals surface area contributed by atoms with E-state index in [-0.39, 0.29) is 16.3 Å². The molecule has 0 radical (unpaired) electrons. The van der Waals surface area contributed by atoms with Gasteiger partial charge in [-0.1, -0.05) is 31.9 Å². The largest absolute Gasteiger partial charge is 0.286 e. The van der Waals surface area contributed by atoms with Gasteiger partial charge in [0.2, 0.25) is 4.69 Å². The number of benzene rings is 1. The summed E-state index contributed by atoms with van der Waals surface area (Å²) in [7, 11) is 0. The van der Waals surface area contributed by atoms with Crippen LogP contribution in [-0.2, 0) is 4.79 Å². The second-order valence-corrected chi connectivity index (χ2v) is 4.63. The summed E-state index contributed by atoms with van der Waals surface area (Å²) in [5.41, 5.74) is 0.871. The van der Waals surface area contributed by atoms with Crippen LogP contribution in [0.2, 0.25) is 0 Å². The third-order valence-corrected chi connectivity index (χ3v) is 3.18. The molecule has 0 saturated carbocycles. The Kier molecular flexibility index (Phi) is 5.28. The molecule has 92 valence electrons. The monoisotopic (exact) mass is 299 g/mol. The van der Waals surface area contributed by atoms with Crippen LogP contribution in [0.1, 0.15) is 37.7 Å². The Hall–Kier alpha value is -1.23. The average Bonchev–Trinajstić information content (AvgIpc) is 2.29. The molecule has 0 aromatic heterocycles. The molecule has 5 heteroatoms. The number of nitrogens with zero attached hydrogens (tertiary/aromatic N) is 1. The molecule has 1 unspecified atom stereocenters. The number of carbonyl (C=O) groups excluding carboxylic acids is 1. The maximum atomic E-state index is 11.5. The highest BCUT2D eigenvalue weighted by Crippen LogP contribution is 2.27. The lowest BCUT2D eigenvalue weighted by atomic mass is 9.95. The van der Waals surface area contributed by atoms with Gasteiger partial charge in [-0.25, -0.2) is 0 Å². The van der Waals surface area contributed by atoms with E-state index in [1.54, 1.807) is 12.1 Å². The van der Waals surface area contributed by atoms with Crippen LogP contribution < -0.4 is 0 Å². The van der Waals surface area contributed by atoms with E-state index in [2.05, 4.69) is 22.9 Å². The molecule has 1 aromatic carbocycles. The van der Waals surface area contributed by atoms with Gasteiger partial charge in [-0.2, -0.15) is 0 Å². The van der Waals surface area contributed by atoms with Crippen molar-refractivity contribution in [2.24, 2.45) is 0 Å². The van der Waals surface area contributed by atoms with Crippen LogP contribution in [-0.4, -0.2) is 9.62 Å². The van der Waals surface area contributed by atoms with Crippen molar-refractivity contribution in [2.45, 2.75) is 32.1 Å². The summed E-state index contributed by atoms with van der Waals surface area (Å²) >= 11 is 2.98. The highest BCUT2D eigenvalue weighted by atomic mass is 79.9. The molecule has 0 saturated heterocycles. The smallest absolute Gasteiger partial charge is 0.269 e. The van der Waals surface area contributed by atoms with Crippen molar-refractivity contribution in [3.05, 3.63) is 39.9 Å². The molecule has 0 aliphatic carbocycles. The Morgan fingerprint density at radius 3 is 2.41 bits per heavy atom. The van der Waals surface area contributed by atoms with Crippen LogP contribution in [0.4, 0.5) is 5.69 Å². The predicted octanol–water partition coefficient (Wildman–Crippen LogP) is 3.79. The number of nitro benzene ring substituents is 1. The van der Waals surface area contributed by atoms with E-state index >= 15 is 0 Å². The van der Waals surface area contributed by atoms with Crippen molar-refractivity contribution in [1.29, 1.82) is 0 Å². The van der Waals surface area contributed by atoms with Gasteiger partial charge < -0.3 is 0 Å². The molecule has 0 bridgehead atoms. The Morgan fingerprint density at radius 2 is 2.00 bits per heavy atom. The first-order valence-corrected chi connectivity index (χ1v) is 6.29. The van der Waals surface area contributed by atoms with E-state index in [4.69, 9.17) is 0 Å². The summed E-state index contributed by atoms with van der Waals surface area (Å²) < 4.78 is -0.0696. The molecule has 0 heterocycles. The van der Waals surface area contributed by atoms with Gasteiger partial charge in [-0.15, -0.1) is 0 Å². The number of carbonyl (C=O) groups is 1. The number of non-ortho nitro benzene ring substituents is 1. The van der Waals surface area contributed by atoms with Crippen LogP contribution in [0.3, 0.4) is 0 Å². The molecular weight excluding hydrogens is 286 g/mol. The maximum absolute atomic E-state index is 11.5. The summed E-state index contributed by atoms with van der Waals surface area (Å²) in [6.07, 6.45) is 2.74. The summed E-state index contributed by atoms with van der Waals surface area (Å²) in [5.74, 6) is -0.212. The van der Waals surface area contributed by atoms with Crippen LogP contribution in [0, 0.1) is 10.1 Å². The molecule has 0 N–H and O–H groups in total. The number of halogens is 1. The fourth-order valence-corrected chi connectivity index (χ4v) is 2.14. The third kappa shape index (κ3) is 3.93. The molecule has 0 amide bonds. The lowest BCUT2D eigenvalue weighted by Crippen LogP contribution is -2.06. The Balaban J connectivity index is 2.87. The summed E-state index contributed by atoms with van der Waals surface area (Å²) in [6, 6.07) is 6.17. The van der Waals surface area contributed by atoms with Gasteiger partial charge in [0.1, 0.15) is 0 Å². The predicted molar refractivity (Wildman–Crippen MR) is 69.3 cm³/mol. The number of hydrogen-bond acceptors (Lipinski definition) is 3.